The minimum Gasteiger partial charge on any atom is -0.462 e. The zero-order chi connectivity index (χ0) is 33.7. The van der Waals surface area contributed by atoms with Crippen LogP contribution in [0.5, 0.6) is 0 Å². The first kappa shape index (κ1) is 35.6. The molecule has 0 aromatic heterocycles. The van der Waals surface area contributed by atoms with E-state index >= 15 is 0 Å². The molecule has 0 radical (unpaired) electrons. The SMILES string of the molecule is C=CC(=O)OCC(COCc1cc(C)c(C(=O)P(=O)(c2ccccc2)c2ccccc2)c(C)c1)(COC(=O)C=C)COC(=O)C=C. The zero-order valence-corrected chi connectivity index (χ0v) is 26.8. The molecule has 0 saturated carbocycles. The van der Waals surface area contributed by atoms with Crippen LogP contribution in [0, 0.1) is 19.3 Å². The lowest BCUT2D eigenvalue weighted by Gasteiger charge is -2.31. The molecule has 0 fully saturated rings. The van der Waals surface area contributed by atoms with Gasteiger partial charge in [-0.15, -0.1) is 0 Å². The van der Waals surface area contributed by atoms with Crippen LogP contribution in [0.4, 0.5) is 0 Å². The molecule has 46 heavy (non-hydrogen) atoms. The molecule has 0 N–H and O–H groups in total. The highest BCUT2D eigenvalue weighted by Crippen LogP contribution is 2.48. The van der Waals surface area contributed by atoms with E-state index < -0.39 is 36.0 Å². The van der Waals surface area contributed by atoms with Gasteiger partial charge in [-0.05, 0) is 30.5 Å². The first-order valence-corrected chi connectivity index (χ1v) is 16.0. The Morgan fingerprint density at radius 1 is 0.674 bits per heavy atom. The van der Waals surface area contributed by atoms with E-state index in [9.17, 15) is 23.7 Å². The molecule has 0 spiro atoms. The van der Waals surface area contributed by atoms with Crippen molar-refractivity contribution < 1.29 is 42.7 Å². The molecule has 0 aliphatic rings. The predicted octanol–water partition coefficient (Wildman–Crippen LogP) is 5.15. The van der Waals surface area contributed by atoms with Crippen LogP contribution < -0.4 is 10.6 Å². The lowest BCUT2D eigenvalue weighted by atomic mass is 9.92. The maximum Gasteiger partial charge on any atom is 0.330 e. The van der Waals surface area contributed by atoms with Gasteiger partial charge in [0.15, 0.2) is 0 Å². The topological polar surface area (TPSA) is 122 Å². The lowest BCUT2D eigenvalue weighted by Crippen LogP contribution is -2.43. The number of rotatable bonds is 17. The normalized spacial score (nSPS) is 11.2. The Morgan fingerprint density at radius 3 is 1.43 bits per heavy atom. The fourth-order valence-corrected chi connectivity index (χ4v) is 7.39. The van der Waals surface area contributed by atoms with Gasteiger partial charge in [0.05, 0.1) is 18.6 Å². The number of hydrogen-bond acceptors (Lipinski definition) is 9. The molecule has 3 aromatic rings. The van der Waals surface area contributed by atoms with Gasteiger partial charge >= 0.3 is 17.9 Å². The smallest absolute Gasteiger partial charge is 0.330 e. The van der Waals surface area contributed by atoms with Gasteiger partial charge in [-0.3, -0.25) is 4.79 Å². The van der Waals surface area contributed by atoms with Crippen LogP contribution in [0.3, 0.4) is 0 Å². The summed E-state index contributed by atoms with van der Waals surface area (Å²) in [4.78, 5) is 49.8. The highest BCUT2D eigenvalue weighted by Gasteiger charge is 2.38. The third-order valence-electron chi connectivity index (χ3n) is 7.07. The molecule has 10 heteroatoms. The van der Waals surface area contributed by atoms with E-state index in [-0.39, 0.29) is 33.0 Å². The Labute approximate surface area is 268 Å². The Morgan fingerprint density at radius 2 is 1.07 bits per heavy atom. The van der Waals surface area contributed by atoms with Crippen molar-refractivity contribution in [3.8, 4) is 0 Å². The van der Waals surface area contributed by atoms with Crippen LogP contribution in [0.1, 0.15) is 27.0 Å². The molecule has 0 atom stereocenters. The molecule has 0 bridgehead atoms. The summed E-state index contributed by atoms with van der Waals surface area (Å²) in [6.45, 7) is 12.6. The molecule has 240 valence electrons. The second-order valence-electron chi connectivity index (χ2n) is 10.6. The van der Waals surface area contributed by atoms with Crippen LogP contribution in [-0.4, -0.2) is 49.9 Å². The highest BCUT2D eigenvalue weighted by molar-refractivity contribution is 7.93. The van der Waals surface area contributed by atoms with Gasteiger partial charge in [0, 0.05) is 34.4 Å². The van der Waals surface area contributed by atoms with E-state index in [1.807, 2.05) is 0 Å². The summed E-state index contributed by atoms with van der Waals surface area (Å²) in [5.74, 6) is -2.20. The Hall–Kier alpha value is -4.85. The second kappa shape index (κ2) is 16.5. The maximum absolute atomic E-state index is 14.7. The Balaban J connectivity index is 1.90. The molecule has 9 nitrogen and oxygen atoms in total. The summed E-state index contributed by atoms with van der Waals surface area (Å²) < 4.78 is 36.4. The monoisotopic (exact) mass is 644 g/mol. The minimum atomic E-state index is -3.72. The van der Waals surface area contributed by atoms with Crippen molar-refractivity contribution in [3.05, 3.63) is 133 Å². The summed E-state index contributed by atoms with van der Waals surface area (Å²) >= 11 is 0. The van der Waals surface area contributed by atoms with Crippen molar-refractivity contribution in [2.45, 2.75) is 20.5 Å². The summed E-state index contributed by atoms with van der Waals surface area (Å²) in [6, 6.07) is 21.0. The van der Waals surface area contributed by atoms with Gasteiger partial charge < -0.3 is 23.5 Å². The number of carbonyl (C=O) groups is 4. The van der Waals surface area contributed by atoms with Crippen LogP contribution in [0.15, 0.2) is 111 Å². The first-order chi connectivity index (χ1) is 22.0. The maximum atomic E-state index is 14.7. The summed E-state index contributed by atoms with van der Waals surface area (Å²) in [5.41, 5.74) is 0.530. The number of esters is 3. The first-order valence-electron chi connectivity index (χ1n) is 14.3. The zero-order valence-electron chi connectivity index (χ0n) is 25.9. The molecule has 0 aliphatic heterocycles. The average molecular weight is 645 g/mol. The summed E-state index contributed by atoms with van der Waals surface area (Å²) in [6.07, 6.45) is 2.92. The summed E-state index contributed by atoms with van der Waals surface area (Å²) in [7, 11) is -3.72. The molecule has 3 rings (SSSR count). The van der Waals surface area contributed by atoms with Gasteiger partial charge in [-0.25, -0.2) is 14.4 Å². The Bertz CT molecular complexity index is 1520. The number of carbonyl (C=O) groups excluding carboxylic acids is 4. The predicted molar refractivity (Wildman–Crippen MR) is 176 cm³/mol. The highest BCUT2D eigenvalue weighted by atomic mass is 31.2. The quantitative estimate of drug-likeness (QED) is 0.0850. The van der Waals surface area contributed by atoms with Crippen LogP contribution >= 0.6 is 7.14 Å². The fraction of sp³-hybridized carbons (Fsp3) is 0.222. The van der Waals surface area contributed by atoms with E-state index in [1.165, 1.54) is 0 Å². The van der Waals surface area contributed by atoms with Crippen molar-refractivity contribution in [1.29, 1.82) is 0 Å². The van der Waals surface area contributed by atoms with Gasteiger partial charge in [-0.1, -0.05) is 92.5 Å². The molecule has 0 heterocycles. The largest absolute Gasteiger partial charge is 0.462 e. The Kier molecular flexibility index (Phi) is 12.7. The van der Waals surface area contributed by atoms with Crippen LogP contribution in [-0.2, 0) is 44.5 Å². The molecule has 3 aromatic carbocycles. The average Bonchev–Trinajstić information content (AvgIpc) is 3.08. The van der Waals surface area contributed by atoms with Gasteiger partial charge in [0.2, 0.25) is 12.7 Å². The van der Waals surface area contributed by atoms with E-state index in [0.717, 1.165) is 18.2 Å². The van der Waals surface area contributed by atoms with Gasteiger partial charge in [0.25, 0.3) is 0 Å². The third-order valence-corrected chi connectivity index (χ3v) is 9.92. The minimum absolute atomic E-state index is 0.0349. The van der Waals surface area contributed by atoms with Crippen molar-refractivity contribution in [2.24, 2.45) is 5.41 Å². The second-order valence-corrected chi connectivity index (χ2v) is 13.3. The lowest BCUT2D eigenvalue weighted by molar-refractivity contribution is -0.161. The van der Waals surface area contributed by atoms with Crippen molar-refractivity contribution in [3.63, 3.8) is 0 Å². The number of ether oxygens (including phenoxy) is 4. The number of aryl methyl sites for hydroxylation is 2. The van der Waals surface area contributed by atoms with E-state index in [1.54, 1.807) is 86.6 Å². The van der Waals surface area contributed by atoms with E-state index in [4.69, 9.17) is 18.9 Å². The van der Waals surface area contributed by atoms with E-state index in [2.05, 4.69) is 19.7 Å². The molecule has 0 saturated heterocycles. The van der Waals surface area contributed by atoms with Crippen LogP contribution in [0.25, 0.3) is 0 Å². The van der Waals surface area contributed by atoms with Crippen molar-refractivity contribution in [1.82, 2.24) is 0 Å². The number of benzene rings is 3. The number of hydrogen-bond donors (Lipinski definition) is 0. The van der Waals surface area contributed by atoms with E-state index in [0.29, 0.717) is 32.9 Å². The van der Waals surface area contributed by atoms with Crippen molar-refractivity contribution >= 4 is 41.2 Å². The molecular weight excluding hydrogens is 607 g/mol. The fourth-order valence-electron chi connectivity index (χ4n) is 4.78. The summed E-state index contributed by atoms with van der Waals surface area (Å²) in [5, 5.41) is 0.889. The van der Waals surface area contributed by atoms with Gasteiger partial charge in [0.1, 0.15) is 19.8 Å². The molecule has 0 aliphatic carbocycles. The van der Waals surface area contributed by atoms with Gasteiger partial charge in [-0.2, -0.15) is 0 Å². The molecule has 0 amide bonds. The standard InChI is InChI=1S/C36H37O9P/c1-6-31(37)43-23-36(24-44-32(38)7-2,25-45-33(39)8-3)22-42-21-28-19-26(4)34(27(5)20-28)35(40)46(41,29-15-11-9-12-16-29)30-17-13-10-14-18-30/h6-20H,1-3,21-25H2,4-5H3. The van der Waals surface area contributed by atoms with Crippen LogP contribution in [0.2, 0.25) is 0 Å². The third kappa shape index (κ3) is 8.87. The van der Waals surface area contributed by atoms with Crippen molar-refractivity contribution in [2.75, 3.05) is 26.4 Å². The molecule has 0 unspecified atom stereocenters. The molecular formula is C36H37O9P.